The van der Waals surface area contributed by atoms with Crippen LogP contribution in [0.2, 0.25) is 0 Å². The second-order valence-electron chi connectivity index (χ2n) is 3.64. The summed E-state index contributed by atoms with van der Waals surface area (Å²) in [5, 5.41) is 22.5. The summed E-state index contributed by atoms with van der Waals surface area (Å²) in [5.41, 5.74) is 5.88. The number of H-pyrrole nitrogens is 1. The van der Waals surface area contributed by atoms with E-state index in [1.165, 1.54) is 0 Å². The van der Waals surface area contributed by atoms with Crippen molar-refractivity contribution in [1.82, 2.24) is 25.5 Å². The third-order valence-corrected chi connectivity index (χ3v) is 2.33. The van der Waals surface area contributed by atoms with Gasteiger partial charge in [0.25, 0.3) is 0 Å². The predicted octanol–water partition coefficient (Wildman–Crippen LogP) is 0.142. The Labute approximate surface area is 97.2 Å². The maximum atomic E-state index is 8.65. The fourth-order valence-corrected chi connectivity index (χ4v) is 1.44. The molecular formula is C9H14N6O2. The van der Waals surface area contributed by atoms with Crippen molar-refractivity contribution in [2.24, 2.45) is 0 Å². The summed E-state index contributed by atoms with van der Waals surface area (Å²) in [4.78, 5) is 4.24. The molecule has 8 nitrogen and oxygen atoms in total. The Morgan fingerprint density at radius 3 is 2.82 bits per heavy atom. The number of nitrogens with zero attached hydrogens (tertiary/aromatic N) is 4. The van der Waals surface area contributed by atoms with Gasteiger partial charge in [-0.3, -0.25) is 5.10 Å². The number of hydrogen-bond acceptors (Lipinski definition) is 7. The lowest BCUT2D eigenvalue weighted by atomic mass is 10.2. The van der Waals surface area contributed by atoms with Crippen molar-refractivity contribution >= 4 is 5.82 Å². The Bertz CT molecular complexity index is 466. The minimum atomic E-state index is 0.177. The first-order valence-electron chi connectivity index (χ1n) is 5.42. The highest BCUT2D eigenvalue weighted by molar-refractivity contribution is 5.61. The standard InChI is InChI=1S/C9H14N6O2/c10-8-7(14-17-15-8)9-11-6(12-13-9)4-2-1-3-5-16/h16H,1-5H2,(H2,10,15)(H,11,12,13). The van der Waals surface area contributed by atoms with Gasteiger partial charge >= 0.3 is 0 Å². The molecule has 0 atom stereocenters. The number of unbranched alkanes of at least 4 members (excludes halogenated alkanes) is 2. The van der Waals surface area contributed by atoms with Crippen molar-refractivity contribution in [2.75, 3.05) is 12.3 Å². The zero-order valence-electron chi connectivity index (χ0n) is 9.26. The molecule has 8 heteroatoms. The van der Waals surface area contributed by atoms with Gasteiger partial charge in [0.05, 0.1) is 0 Å². The van der Waals surface area contributed by atoms with Crippen molar-refractivity contribution in [3.8, 4) is 11.5 Å². The molecule has 0 aliphatic carbocycles. The van der Waals surface area contributed by atoms with Gasteiger partial charge in [-0.25, -0.2) is 9.61 Å². The number of nitrogen functional groups attached to an aromatic ring is 1. The molecule has 0 saturated heterocycles. The number of rotatable bonds is 6. The molecule has 92 valence electrons. The van der Waals surface area contributed by atoms with Gasteiger partial charge in [0.15, 0.2) is 11.5 Å². The van der Waals surface area contributed by atoms with E-state index in [0.717, 1.165) is 31.5 Å². The summed E-state index contributed by atoms with van der Waals surface area (Å²) in [7, 11) is 0. The van der Waals surface area contributed by atoms with Gasteiger partial charge in [0.2, 0.25) is 5.82 Å². The number of nitrogens with one attached hydrogen (secondary N) is 1. The van der Waals surface area contributed by atoms with Gasteiger partial charge in [-0.2, -0.15) is 5.10 Å². The molecular weight excluding hydrogens is 224 g/mol. The van der Waals surface area contributed by atoms with Crippen LogP contribution in [0.25, 0.3) is 11.5 Å². The van der Waals surface area contributed by atoms with E-state index in [4.69, 9.17) is 10.8 Å². The second kappa shape index (κ2) is 5.39. The number of aromatic amines is 1. The van der Waals surface area contributed by atoms with Gasteiger partial charge in [-0.05, 0) is 23.2 Å². The molecule has 0 aliphatic heterocycles. The van der Waals surface area contributed by atoms with Crippen LogP contribution in [0, 0.1) is 0 Å². The van der Waals surface area contributed by atoms with Crippen molar-refractivity contribution in [1.29, 1.82) is 0 Å². The average molecular weight is 238 g/mol. The lowest BCUT2D eigenvalue weighted by Gasteiger charge is -1.94. The SMILES string of the molecule is Nc1nonc1-c1n[nH]c(CCCCCO)n1. The van der Waals surface area contributed by atoms with Gasteiger partial charge in [-0.1, -0.05) is 6.42 Å². The molecule has 0 fully saturated rings. The van der Waals surface area contributed by atoms with E-state index in [-0.39, 0.29) is 12.4 Å². The van der Waals surface area contributed by atoms with E-state index < -0.39 is 0 Å². The van der Waals surface area contributed by atoms with Gasteiger partial charge in [0.1, 0.15) is 5.82 Å². The molecule has 0 spiro atoms. The minimum Gasteiger partial charge on any atom is -0.396 e. The molecule has 0 aromatic carbocycles. The van der Waals surface area contributed by atoms with E-state index in [1.807, 2.05) is 0 Å². The Morgan fingerprint density at radius 2 is 2.12 bits per heavy atom. The molecule has 0 unspecified atom stereocenters. The molecule has 0 amide bonds. The van der Waals surface area contributed by atoms with E-state index >= 15 is 0 Å². The first kappa shape index (κ1) is 11.5. The van der Waals surface area contributed by atoms with E-state index in [9.17, 15) is 0 Å². The smallest absolute Gasteiger partial charge is 0.207 e. The first-order chi connectivity index (χ1) is 8.31. The largest absolute Gasteiger partial charge is 0.396 e. The van der Waals surface area contributed by atoms with Crippen molar-refractivity contribution in [3.63, 3.8) is 0 Å². The van der Waals surface area contributed by atoms with Crippen LogP contribution in [-0.2, 0) is 6.42 Å². The molecule has 2 aromatic heterocycles. The molecule has 0 saturated carbocycles. The van der Waals surface area contributed by atoms with Gasteiger partial charge < -0.3 is 10.8 Å². The highest BCUT2D eigenvalue weighted by atomic mass is 16.6. The molecule has 0 bridgehead atoms. The highest BCUT2D eigenvalue weighted by Gasteiger charge is 2.14. The molecule has 17 heavy (non-hydrogen) atoms. The number of aliphatic hydroxyl groups excluding tert-OH is 1. The lowest BCUT2D eigenvalue weighted by Crippen LogP contribution is -1.91. The topological polar surface area (TPSA) is 127 Å². The summed E-state index contributed by atoms with van der Waals surface area (Å²) < 4.78 is 4.48. The van der Waals surface area contributed by atoms with E-state index in [0.29, 0.717) is 11.5 Å². The predicted molar refractivity (Wildman–Crippen MR) is 58.7 cm³/mol. The van der Waals surface area contributed by atoms with Crippen LogP contribution < -0.4 is 5.73 Å². The molecule has 2 heterocycles. The monoisotopic (exact) mass is 238 g/mol. The first-order valence-corrected chi connectivity index (χ1v) is 5.42. The Morgan fingerprint density at radius 1 is 1.24 bits per heavy atom. The zero-order valence-corrected chi connectivity index (χ0v) is 9.26. The Kier molecular flexibility index (Phi) is 3.66. The molecule has 0 aliphatic rings. The van der Waals surface area contributed by atoms with Crippen LogP contribution in [0.1, 0.15) is 25.1 Å². The molecule has 2 aromatic rings. The maximum Gasteiger partial charge on any atom is 0.207 e. The average Bonchev–Trinajstić information content (AvgIpc) is 2.93. The van der Waals surface area contributed by atoms with E-state index in [1.54, 1.807) is 0 Å². The summed E-state index contributed by atoms with van der Waals surface area (Å²) in [5.74, 6) is 1.33. The van der Waals surface area contributed by atoms with Crippen LogP contribution in [0.4, 0.5) is 5.82 Å². The molecule has 4 N–H and O–H groups in total. The summed E-state index contributed by atoms with van der Waals surface area (Å²) in [6.45, 7) is 0.225. The number of aryl methyl sites for hydroxylation is 1. The van der Waals surface area contributed by atoms with Gasteiger partial charge in [-0.15, -0.1) is 0 Å². The fourth-order valence-electron chi connectivity index (χ4n) is 1.44. The zero-order chi connectivity index (χ0) is 12.1. The van der Waals surface area contributed by atoms with Crippen molar-refractivity contribution in [2.45, 2.75) is 25.7 Å². The van der Waals surface area contributed by atoms with Crippen LogP contribution in [0.5, 0.6) is 0 Å². The highest BCUT2D eigenvalue weighted by Crippen LogP contribution is 2.17. The Hall–Kier alpha value is -1.96. The fraction of sp³-hybridized carbons (Fsp3) is 0.556. The van der Waals surface area contributed by atoms with Crippen molar-refractivity contribution in [3.05, 3.63) is 5.82 Å². The maximum absolute atomic E-state index is 8.65. The van der Waals surface area contributed by atoms with Crippen molar-refractivity contribution < 1.29 is 9.74 Å². The number of aliphatic hydroxyl groups is 1. The summed E-state index contributed by atoms with van der Waals surface area (Å²) in [6.07, 6.45) is 3.49. The normalized spacial score (nSPS) is 10.9. The lowest BCUT2D eigenvalue weighted by molar-refractivity contribution is 0.283. The molecule has 2 rings (SSSR count). The molecule has 0 radical (unpaired) electrons. The third kappa shape index (κ3) is 2.78. The second-order valence-corrected chi connectivity index (χ2v) is 3.64. The van der Waals surface area contributed by atoms with Crippen LogP contribution in [-0.4, -0.2) is 37.2 Å². The number of nitrogens with two attached hydrogens (primary N) is 1. The summed E-state index contributed by atoms with van der Waals surface area (Å²) in [6, 6.07) is 0. The van der Waals surface area contributed by atoms with Gasteiger partial charge in [0, 0.05) is 13.0 Å². The minimum absolute atomic E-state index is 0.177. The quantitative estimate of drug-likeness (QED) is 0.611. The van der Waals surface area contributed by atoms with Crippen LogP contribution in [0.15, 0.2) is 4.63 Å². The number of aromatic nitrogens is 5. The summed E-state index contributed by atoms with van der Waals surface area (Å²) >= 11 is 0. The van der Waals surface area contributed by atoms with Crippen LogP contribution in [0.3, 0.4) is 0 Å². The van der Waals surface area contributed by atoms with E-state index in [2.05, 4.69) is 30.1 Å². The van der Waals surface area contributed by atoms with Crippen LogP contribution >= 0.6 is 0 Å². The number of hydrogen-bond donors (Lipinski definition) is 3. The Balaban J connectivity index is 1.95. The number of anilines is 1. The third-order valence-electron chi connectivity index (χ3n) is 2.33.